The molecule has 0 aliphatic carbocycles. The van der Waals surface area contributed by atoms with Crippen molar-refractivity contribution in [3.05, 3.63) is 98.6 Å². The number of nitro groups is 2. The van der Waals surface area contributed by atoms with Gasteiger partial charge in [0.05, 0.1) is 20.4 Å². The first-order valence-corrected chi connectivity index (χ1v) is 10.9. The molecule has 0 unspecified atom stereocenters. The van der Waals surface area contributed by atoms with Gasteiger partial charge in [-0.05, 0) is 30.7 Å². The number of rotatable bonds is 8. The van der Waals surface area contributed by atoms with Crippen LogP contribution >= 0.6 is 0 Å². The van der Waals surface area contributed by atoms with Gasteiger partial charge in [0.2, 0.25) is 5.91 Å². The molecular weight excluding hydrogens is 452 g/mol. The first-order chi connectivity index (χ1) is 15.6. The number of hydrogen-bond acceptors (Lipinski definition) is 7. The van der Waals surface area contributed by atoms with Crippen LogP contribution in [0.1, 0.15) is 5.56 Å². The molecule has 12 heteroatoms. The molecule has 0 radical (unpaired) electrons. The van der Waals surface area contributed by atoms with Gasteiger partial charge in [-0.1, -0.05) is 36.4 Å². The van der Waals surface area contributed by atoms with Gasteiger partial charge in [0.1, 0.15) is 12.2 Å². The molecule has 0 bridgehead atoms. The Hall–Kier alpha value is -4.32. The first-order valence-electron chi connectivity index (χ1n) is 9.47. The second-order valence-electron chi connectivity index (χ2n) is 6.88. The van der Waals surface area contributed by atoms with E-state index in [1.807, 2.05) is 0 Å². The standard InChI is InChI=1S/C21H18N4O7S/c1-15-11-12-16(24(27)28)13-18(15)22-21(26)14-23(19-9-5-6-10-20(19)25(29)30)33(31,32)17-7-3-2-4-8-17/h2-13H,14H2,1H3,(H,22,26). The van der Waals surface area contributed by atoms with Crippen molar-refractivity contribution in [1.82, 2.24) is 0 Å². The van der Waals surface area contributed by atoms with Crippen molar-refractivity contribution in [3.63, 3.8) is 0 Å². The Morgan fingerprint density at radius 3 is 2.21 bits per heavy atom. The van der Waals surface area contributed by atoms with Crippen LogP contribution < -0.4 is 9.62 Å². The zero-order chi connectivity index (χ0) is 24.2. The number of carbonyl (C=O) groups excluding carboxylic acids is 1. The molecule has 11 nitrogen and oxygen atoms in total. The third-order valence-corrected chi connectivity index (χ3v) is 6.45. The van der Waals surface area contributed by atoms with E-state index in [2.05, 4.69) is 5.32 Å². The van der Waals surface area contributed by atoms with E-state index < -0.39 is 38.0 Å². The largest absolute Gasteiger partial charge is 0.324 e. The van der Waals surface area contributed by atoms with Gasteiger partial charge in [0.15, 0.2) is 0 Å². The van der Waals surface area contributed by atoms with E-state index in [4.69, 9.17) is 0 Å². The molecule has 3 aromatic carbocycles. The molecule has 0 atom stereocenters. The van der Waals surface area contributed by atoms with Gasteiger partial charge in [-0.3, -0.25) is 25.0 Å². The molecule has 1 amide bonds. The Kier molecular flexibility index (Phi) is 6.68. The molecule has 0 aromatic heterocycles. The van der Waals surface area contributed by atoms with Gasteiger partial charge in [0.25, 0.3) is 21.4 Å². The van der Waals surface area contributed by atoms with E-state index in [1.54, 1.807) is 13.0 Å². The lowest BCUT2D eigenvalue weighted by Gasteiger charge is -2.24. The summed E-state index contributed by atoms with van der Waals surface area (Å²) in [6, 6.07) is 16.2. The van der Waals surface area contributed by atoms with Crippen LogP contribution in [-0.2, 0) is 14.8 Å². The number of carbonyl (C=O) groups is 1. The van der Waals surface area contributed by atoms with Gasteiger partial charge in [-0.25, -0.2) is 12.7 Å². The Bertz CT molecular complexity index is 1330. The summed E-state index contributed by atoms with van der Waals surface area (Å²) in [5.74, 6) is -0.837. The quantitative estimate of drug-likeness (QED) is 0.389. The summed E-state index contributed by atoms with van der Waals surface area (Å²) in [4.78, 5) is 33.9. The van der Waals surface area contributed by atoms with E-state index in [9.17, 15) is 33.4 Å². The predicted octanol–water partition coefficient (Wildman–Crippen LogP) is 3.65. The highest BCUT2D eigenvalue weighted by molar-refractivity contribution is 7.92. The zero-order valence-corrected chi connectivity index (χ0v) is 18.1. The molecule has 1 N–H and O–H groups in total. The lowest BCUT2D eigenvalue weighted by atomic mass is 10.2. The molecule has 0 spiro atoms. The maximum absolute atomic E-state index is 13.3. The second kappa shape index (κ2) is 9.44. The highest BCUT2D eigenvalue weighted by Crippen LogP contribution is 2.32. The molecule has 33 heavy (non-hydrogen) atoms. The number of para-hydroxylation sites is 2. The number of amides is 1. The maximum Gasteiger partial charge on any atom is 0.293 e. The van der Waals surface area contributed by atoms with Crippen LogP contribution in [0.25, 0.3) is 0 Å². The van der Waals surface area contributed by atoms with Gasteiger partial charge in [0, 0.05) is 18.2 Å². The van der Waals surface area contributed by atoms with Crippen LogP contribution in [0.15, 0.2) is 77.7 Å². The van der Waals surface area contributed by atoms with Crippen LogP contribution in [0.5, 0.6) is 0 Å². The van der Waals surface area contributed by atoms with E-state index in [-0.39, 0.29) is 22.0 Å². The second-order valence-corrected chi connectivity index (χ2v) is 8.74. The third kappa shape index (κ3) is 5.13. The summed E-state index contributed by atoms with van der Waals surface area (Å²) in [7, 11) is -4.37. The van der Waals surface area contributed by atoms with Crippen molar-refractivity contribution in [2.24, 2.45) is 0 Å². The van der Waals surface area contributed by atoms with Crippen molar-refractivity contribution in [2.45, 2.75) is 11.8 Å². The number of benzene rings is 3. The minimum absolute atomic E-state index is 0.119. The Morgan fingerprint density at radius 1 is 0.939 bits per heavy atom. The van der Waals surface area contributed by atoms with E-state index in [1.165, 1.54) is 54.6 Å². The summed E-state index contributed by atoms with van der Waals surface area (Å²) in [6.45, 7) is 0.810. The van der Waals surface area contributed by atoms with Crippen molar-refractivity contribution >= 4 is 38.7 Å². The fourth-order valence-corrected chi connectivity index (χ4v) is 4.48. The molecule has 3 rings (SSSR count). The molecular formula is C21H18N4O7S. The van der Waals surface area contributed by atoms with Gasteiger partial charge >= 0.3 is 0 Å². The van der Waals surface area contributed by atoms with Crippen molar-refractivity contribution in [2.75, 3.05) is 16.2 Å². The van der Waals surface area contributed by atoms with Crippen LogP contribution in [0.2, 0.25) is 0 Å². The van der Waals surface area contributed by atoms with Gasteiger partial charge < -0.3 is 5.32 Å². The van der Waals surface area contributed by atoms with Crippen molar-refractivity contribution in [1.29, 1.82) is 0 Å². The summed E-state index contributed by atoms with van der Waals surface area (Å²) in [5.41, 5.74) is -0.428. The molecule has 3 aromatic rings. The molecule has 0 fully saturated rings. The number of nitro benzene ring substituents is 2. The Labute approximate surface area is 188 Å². The Morgan fingerprint density at radius 2 is 1.58 bits per heavy atom. The highest BCUT2D eigenvalue weighted by atomic mass is 32.2. The average Bonchev–Trinajstić information content (AvgIpc) is 2.79. The monoisotopic (exact) mass is 470 g/mol. The summed E-state index contributed by atoms with van der Waals surface area (Å²) < 4.78 is 27.3. The maximum atomic E-state index is 13.3. The molecule has 0 aliphatic heterocycles. The summed E-state index contributed by atoms with van der Waals surface area (Å²) in [5, 5.41) is 25.0. The van der Waals surface area contributed by atoms with Gasteiger partial charge in [-0.2, -0.15) is 0 Å². The number of sulfonamides is 1. The topological polar surface area (TPSA) is 153 Å². The van der Waals surface area contributed by atoms with Crippen LogP contribution in [0.3, 0.4) is 0 Å². The van der Waals surface area contributed by atoms with E-state index >= 15 is 0 Å². The van der Waals surface area contributed by atoms with E-state index in [0.717, 1.165) is 12.1 Å². The smallest absolute Gasteiger partial charge is 0.293 e. The van der Waals surface area contributed by atoms with Crippen LogP contribution in [0, 0.1) is 27.2 Å². The number of nitrogens with one attached hydrogen (secondary N) is 1. The minimum atomic E-state index is -4.37. The predicted molar refractivity (Wildman–Crippen MR) is 121 cm³/mol. The Balaban J connectivity index is 2.03. The molecule has 0 aliphatic rings. The summed E-state index contributed by atoms with van der Waals surface area (Å²) in [6.07, 6.45) is 0. The van der Waals surface area contributed by atoms with Gasteiger partial charge in [-0.15, -0.1) is 0 Å². The number of anilines is 2. The molecule has 0 heterocycles. The average molecular weight is 470 g/mol. The van der Waals surface area contributed by atoms with Crippen molar-refractivity contribution < 1.29 is 23.1 Å². The minimum Gasteiger partial charge on any atom is -0.324 e. The molecule has 170 valence electrons. The highest BCUT2D eigenvalue weighted by Gasteiger charge is 2.32. The summed E-state index contributed by atoms with van der Waals surface area (Å²) >= 11 is 0. The van der Waals surface area contributed by atoms with E-state index in [0.29, 0.717) is 9.87 Å². The lowest BCUT2D eigenvalue weighted by Crippen LogP contribution is -2.38. The van der Waals surface area contributed by atoms with Crippen LogP contribution in [0.4, 0.5) is 22.7 Å². The first kappa shape index (κ1) is 23.3. The lowest BCUT2D eigenvalue weighted by molar-refractivity contribution is -0.384. The van der Waals surface area contributed by atoms with Crippen molar-refractivity contribution in [3.8, 4) is 0 Å². The van der Waals surface area contributed by atoms with Crippen LogP contribution in [-0.4, -0.2) is 30.7 Å². The SMILES string of the molecule is Cc1ccc([N+](=O)[O-])cc1NC(=O)CN(c1ccccc1[N+](=O)[O-])S(=O)(=O)c1ccccc1. The zero-order valence-electron chi connectivity index (χ0n) is 17.2. The third-order valence-electron chi connectivity index (χ3n) is 4.67. The number of aryl methyl sites for hydroxylation is 1. The number of hydrogen-bond donors (Lipinski definition) is 1. The number of nitrogens with zero attached hydrogens (tertiary/aromatic N) is 3. The molecule has 0 saturated heterocycles. The fourth-order valence-electron chi connectivity index (χ4n) is 3.03. The normalized spacial score (nSPS) is 10.9. The molecule has 0 saturated carbocycles. The fraction of sp³-hybridized carbons (Fsp3) is 0.0952. The number of non-ortho nitro benzene ring substituents is 1.